The predicted molar refractivity (Wildman–Crippen MR) is 92.8 cm³/mol. The Kier molecular flexibility index (Phi) is 4.53. The molecule has 1 aliphatic rings. The minimum Gasteiger partial charge on any atom is -0.325 e. The van der Waals surface area contributed by atoms with Crippen molar-refractivity contribution in [3.05, 3.63) is 54.4 Å². The normalized spacial score (nSPS) is 16.4. The van der Waals surface area contributed by atoms with E-state index in [1.165, 1.54) is 5.69 Å². The molecule has 0 spiro atoms. The van der Waals surface area contributed by atoms with Gasteiger partial charge in [-0.2, -0.15) is 0 Å². The Morgan fingerprint density at radius 3 is 2.64 bits per heavy atom. The molecule has 0 radical (unpaired) electrons. The average Bonchev–Trinajstić information content (AvgIpc) is 3.32. The Bertz CT molecular complexity index is 801. The van der Waals surface area contributed by atoms with Gasteiger partial charge in [-0.1, -0.05) is 5.21 Å². The van der Waals surface area contributed by atoms with Crippen molar-refractivity contribution < 1.29 is 0 Å². The van der Waals surface area contributed by atoms with E-state index in [1.54, 1.807) is 12.4 Å². The lowest BCUT2D eigenvalue weighted by Gasteiger charge is -2.31. The van der Waals surface area contributed by atoms with E-state index in [-0.39, 0.29) is 0 Å². The van der Waals surface area contributed by atoms with Crippen LogP contribution in [-0.2, 0) is 13.1 Å². The van der Waals surface area contributed by atoms with Crippen molar-refractivity contribution in [3.8, 4) is 5.95 Å². The summed E-state index contributed by atoms with van der Waals surface area (Å²) in [4.78, 5) is 11.1. The lowest BCUT2D eigenvalue weighted by Crippen LogP contribution is -2.35. The van der Waals surface area contributed by atoms with Gasteiger partial charge in [0.15, 0.2) is 0 Å². The van der Waals surface area contributed by atoms with Crippen LogP contribution in [0, 0.1) is 0 Å². The van der Waals surface area contributed by atoms with Crippen molar-refractivity contribution >= 4 is 0 Å². The first kappa shape index (κ1) is 15.9. The summed E-state index contributed by atoms with van der Waals surface area (Å²) in [5.74, 6) is 0.717. The van der Waals surface area contributed by atoms with E-state index >= 15 is 0 Å². The highest BCUT2D eigenvalue weighted by Crippen LogP contribution is 2.23. The third kappa shape index (κ3) is 3.45. The lowest BCUT2D eigenvalue weighted by molar-refractivity contribution is 0.170. The maximum absolute atomic E-state index is 5.62. The van der Waals surface area contributed by atoms with Crippen LogP contribution in [0.1, 0.15) is 30.3 Å². The van der Waals surface area contributed by atoms with Crippen LogP contribution in [0.2, 0.25) is 0 Å². The maximum Gasteiger partial charge on any atom is 0.233 e. The molecule has 1 aliphatic heterocycles. The molecule has 0 amide bonds. The van der Waals surface area contributed by atoms with Crippen LogP contribution in [-0.4, -0.2) is 47.5 Å². The molecule has 0 saturated carbocycles. The molecule has 0 aliphatic carbocycles. The minimum atomic E-state index is 0.410. The van der Waals surface area contributed by atoms with E-state index in [1.807, 2.05) is 29.2 Å². The van der Waals surface area contributed by atoms with Gasteiger partial charge in [0.25, 0.3) is 0 Å². The molecule has 4 heterocycles. The first-order valence-corrected chi connectivity index (χ1v) is 8.60. The van der Waals surface area contributed by atoms with E-state index in [0.29, 0.717) is 18.5 Å². The van der Waals surface area contributed by atoms with Crippen molar-refractivity contribution in [2.45, 2.75) is 32.0 Å². The fourth-order valence-corrected chi connectivity index (χ4v) is 3.31. The Morgan fingerprint density at radius 1 is 1.12 bits per heavy atom. The second-order valence-corrected chi connectivity index (χ2v) is 6.32. The minimum absolute atomic E-state index is 0.410. The zero-order valence-corrected chi connectivity index (χ0v) is 14.1. The highest BCUT2D eigenvalue weighted by atomic mass is 15.4. The first-order valence-electron chi connectivity index (χ1n) is 8.60. The van der Waals surface area contributed by atoms with Gasteiger partial charge in [0.2, 0.25) is 5.95 Å². The van der Waals surface area contributed by atoms with Gasteiger partial charge in [0, 0.05) is 50.5 Å². The van der Waals surface area contributed by atoms with Crippen LogP contribution >= 0.6 is 0 Å². The summed E-state index contributed by atoms with van der Waals surface area (Å²) in [7, 11) is 0. The largest absolute Gasteiger partial charge is 0.325 e. The summed E-state index contributed by atoms with van der Waals surface area (Å²) in [6.07, 6.45) is 9.65. The summed E-state index contributed by atoms with van der Waals surface area (Å²) < 4.78 is 4.02. The van der Waals surface area contributed by atoms with Crippen molar-refractivity contribution in [1.29, 1.82) is 0 Å². The van der Waals surface area contributed by atoms with Gasteiger partial charge in [-0.15, -0.1) is 5.10 Å². The molecule has 1 fully saturated rings. The van der Waals surface area contributed by atoms with Gasteiger partial charge in [-0.25, -0.2) is 14.6 Å². The molecular formula is C17H22N8. The molecular weight excluding hydrogens is 316 g/mol. The number of hydrogen-bond donors (Lipinski definition) is 1. The molecule has 130 valence electrons. The molecule has 0 atom stereocenters. The summed E-state index contributed by atoms with van der Waals surface area (Å²) in [6.45, 7) is 3.40. The molecule has 25 heavy (non-hydrogen) atoms. The number of piperidine rings is 1. The molecule has 2 N–H and O–H groups in total. The fraction of sp³-hybridized carbons (Fsp3) is 0.412. The quantitative estimate of drug-likeness (QED) is 0.750. The number of nitrogens with zero attached hydrogens (tertiary/aromatic N) is 7. The van der Waals surface area contributed by atoms with Crippen molar-refractivity contribution in [2.75, 3.05) is 13.1 Å². The van der Waals surface area contributed by atoms with Crippen LogP contribution in [0.3, 0.4) is 0 Å². The van der Waals surface area contributed by atoms with E-state index < -0.39 is 0 Å². The van der Waals surface area contributed by atoms with Crippen LogP contribution in [0.15, 0.2) is 43.0 Å². The number of nitrogens with two attached hydrogens (primary N) is 1. The van der Waals surface area contributed by atoms with Gasteiger partial charge in [0.05, 0.1) is 17.9 Å². The zero-order valence-electron chi connectivity index (χ0n) is 14.1. The van der Waals surface area contributed by atoms with Crippen LogP contribution in [0.25, 0.3) is 5.95 Å². The van der Waals surface area contributed by atoms with E-state index in [9.17, 15) is 0 Å². The number of likely N-dealkylation sites (tertiary alicyclic amines) is 1. The van der Waals surface area contributed by atoms with Crippen molar-refractivity contribution in [1.82, 2.24) is 34.4 Å². The van der Waals surface area contributed by atoms with Gasteiger partial charge in [0.1, 0.15) is 0 Å². The highest BCUT2D eigenvalue weighted by molar-refractivity contribution is 5.20. The van der Waals surface area contributed by atoms with Gasteiger partial charge in [-0.05, 0) is 31.0 Å². The summed E-state index contributed by atoms with van der Waals surface area (Å²) >= 11 is 0. The molecule has 3 aromatic heterocycles. The van der Waals surface area contributed by atoms with E-state index in [0.717, 1.165) is 38.2 Å². The third-order valence-electron chi connectivity index (χ3n) is 4.68. The fourth-order valence-electron chi connectivity index (χ4n) is 3.31. The Balaban J connectivity index is 1.39. The van der Waals surface area contributed by atoms with Crippen molar-refractivity contribution in [2.24, 2.45) is 5.73 Å². The molecule has 0 unspecified atom stereocenters. The molecule has 8 nitrogen and oxygen atoms in total. The summed E-state index contributed by atoms with van der Waals surface area (Å²) in [5, 5.41) is 8.30. The smallest absolute Gasteiger partial charge is 0.233 e. The van der Waals surface area contributed by atoms with Crippen LogP contribution in [0.5, 0.6) is 0 Å². The second-order valence-electron chi connectivity index (χ2n) is 6.32. The highest BCUT2D eigenvalue weighted by Gasteiger charge is 2.22. The Hall–Kier alpha value is -2.58. The standard InChI is InChI=1S/C17H22N8/c18-11-14-12-25(22-21-14)15-4-9-23(10-5-15)13-16-3-1-8-24(16)17-19-6-2-7-20-17/h1-3,6-8,12,15H,4-5,9-11,13,18H2. The molecule has 3 aromatic rings. The van der Waals surface area contributed by atoms with E-state index in [4.69, 9.17) is 5.73 Å². The predicted octanol–water partition coefficient (Wildman–Crippen LogP) is 1.15. The topological polar surface area (TPSA) is 90.7 Å². The first-order chi connectivity index (χ1) is 12.3. The molecule has 1 saturated heterocycles. The van der Waals surface area contributed by atoms with Gasteiger partial charge < -0.3 is 5.73 Å². The Labute approximate surface area is 146 Å². The summed E-state index contributed by atoms with van der Waals surface area (Å²) in [5.41, 5.74) is 7.67. The number of rotatable bonds is 5. The van der Waals surface area contributed by atoms with E-state index in [2.05, 4.69) is 35.8 Å². The van der Waals surface area contributed by atoms with Crippen LogP contribution in [0.4, 0.5) is 0 Å². The SMILES string of the molecule is NCc1cn(C2CCN(Cc3cccn3-c3ncccn3)CC2)nn1. The van der Waals surface area contributed by atoms with Crippen molar-refractivity contribution in [3.63, 3.8) is 0 Å². The third-order valence-corrected chi connectivity index (χ3v) is 4.68. The molecule has 8 heteroatoms. The molecule has 4 rings (SSSR count). The molecule has 0 aromatic carbocycles. The molecule has 0 bridgehead atoms. The zero-order chi connectivity index (χ0) is 17.1. The van der Waals surface area contributed by atoms with Gasteiger partial charge in [-0.3, -0.25) is 9.47 Å². The van der Waals surface area contributed by atoms with Crippen LogP contribution < -0.4 is 5.73 Å². The second kappa shape index (κ2) is 7.12. The summed E-state index contributed by atoms with van der Waals surface area (Å²) in [6, 6.07) is 6.42. The lowest BCUT2D eigenvalue weighted by atomic mass is 10.1. The number of hydrogen-bond acceptors (Lipinski definition) is 6. The Morgan fingerprint density at radius 2 is 1.92 bits per heavy atom. The van der Waals surface area contributed by atoms with Gasteiger partial charge >= 0.3 is 0 Å². The monoisotopic (exact) mass is 338 g/mol. The maximum atomic E-state index is 5.62. The average molecular weight is 338 g/mol. The number of aromatic nitrogens is 6.